The molecule has 0 radical (unpaired) electrons. The van der Waals surface area contributed by atoms with Crippen LogP contribution in [0.25, 0.3) is 0 Å². The summed E-state index contributed by atoms with van der Waals surface area (Å²) in [6, 6.07) is 7.56. The fourth-order valence-corrected chi connectivity index (χ4v) is 4.57. The molecule has 106 valence electrons. The lowest BCUT2D eigenvalue weighted by Crippen LogP contribution is -2.41. The van der Waals surface area contributed by atoms with Crippen LogP contribution in [0.15, 0.2) is 28.7 Å². The number of rotatable bonds is 5. The van der Waals surface area contributed by atoms with E-state index in [2.05, 4.69) is 21.2 Å². The lowest BCUT2D eigenvalue weighted by Gasteiger charge is -2.23. The third-order valence-corrected chi connectivity index (χ3v) is 5.80. The van der Waals surface area contributed by atoms with Crippen molar-refractivity contribution in [1.82, 2.24) is 9.62 Å². The molecule has 1 atom stereocenters. The van der Waals surface area contributed by atoms with Gasteiger partial charge in [0.25, 0.3) is 0 Å². The third kappa shape index (κ3) is 3.78. The lowest BCUT2D eigenvalue weighted by atomic mass is 10.2. The van der Waals surface area contributed by atoms with Crippen LogP contribution in [0.3, 0.4) is 0 Å². The van der Waals surface area contributed by atoms with Gasteiger partial charge >= 0.3 is 0 Å². The first-order valence-corrected chi connectivity index (χ1v) is 8.82. The molecular formula is C13H19BrN2O2S. The molecule has 1 N–H and O–H groups in total. The number of hydrogen-bond donors (Lipinski definition) is 1. The maximum atomic E-state index is 12.5. The number of benzene rings is 1. The first-order chi connectivity index (χ1) is 9.03. The van der Waals surface area contributed by atoms with Gasteiger partial charge in [-0.15, -0.1) is 0 Å². The maximum Gasteiger partial charge on any atom is 0.218 e. The number of nitrogens with zero attached hydrogens (tertiary/aromatic N) is 1. The van der Waals surface area contributed by atoms with E-state index in [4.69, 9.17) is 0 Å². The minimum absolute atomic E-state index is 0.0838. The summed E-state index contributed by atoms with van der Waals surface area (Å²) >= 11 is 3.35. The van der Waals surface area contributed by atoms with E-state index in [0.717, 1.165) is 29.4 Å². The predicted molar refractivity (Wildman–Crippen MR) is 80.4 cm³/mol. The first kappa shape index (κ1) is 15.0. The molecule has 1 aromatic carbocycles. The van der Waals surface area contributed by atoms with Gasteiger partial charge in [-0.05, 0) is 37.6 Å². The quantitative estimate of drug-likeness (QED) is 0.886. The molecule has 19 heavy (non-hydrogen) atoms. The van der Waals surface area contributed by atoms with Gasteiger partial charge in [0.05, 0.1) is 5.75 Å². The Morgan fingerprint density at radius 3 is 2.68 bits per heavy atom. The highest BCUT2D eigenvalue weighted by molar-refractivity contribution is 9.10. The highest BCUT2D eigenvalue weighted by Gasteiger charge is 2.33. The Bertz CT molecular complexity index is 516. The van der Waals surface area contributed by atoms with E-state index >= 15 is 0 Å². The Labute approximate surface area is 123 Å². The van der Waals surface area contributed by atoms with E-state index in [1.807, 2.05) is 31.3 Å². The van der Waals surface area contributed by atoms with Crippen LogP contribution in [0.4, 0.5) is 0 Å². The van der Waals surface area contributed by atoms with Crippen LogP contribution in [-0.2, 0) is 15.8 Å². The molecule has 0 spiro atoms. The summed E-state index contributed by atoms with van der Waals surface area (Å²) < 4.78 is 27.5. The summed E-state index contributed by atoms with van der Waals surface area (Å²) in [4.78, 5) is 0. The van der Waals surface area contributed by atoms with E-state index in [0.29, 0.717) is 6.54 Å². The molecule has 1 saturated heterocycles. The van der Waals surface area contributed by atoms with Crippen molar-refractivity contribution in [3.05, 3.63) is 34.3 Å². The van der Waals surface area contributed by atoms with Crippen molar-refractivity contribution in [2.45, 2.75) is 24.6 Å². The van der Waals surface area contributed by atoms with Crippen molar-refractivity contribution in [2.75, 3.05) is 20.1 Å². The average molecular weight is 347 g/mol. The lowest BCUT2D eigenvalue weighted by molar-refractivity contribution is 0.378. The van der Waals surface area contributed by atoms with Crippen molar-refractivity contribution >= 4 is 26.0 Å². The molecule has 1 aliphatic heterocycles. The fourth-order valence-electron chi connectivity index (χ4n) is 2.49. The summed E-state index contributed by atoms with van der Waals surface area (Å²) in [5.41, 5.74) is 0.832. The second-order valence-electron chi connectivity index (χ2n) is 4.85. The second kappa shape index (κ2) is 6.35. The first-order valence-electron chi connectivity index (χ1n) is 6.41. The number of hydrogen-bond acceptors (Lipinski definition) is 3. The normalized spacial score (nSPS) is 20.8. The fraction of sp³-hybridized carbons (Fsp3) is 0.538. The molecule has 1 aromatic rings. The largest absolute Gasteiger partial charge is 0.318 e. The Morgan fingerprint density at radius 2 is 2.05 bits per heavy atom. The third-order valence-electron chi connectivity index (χ3n) is 3.38. The molecule has 6 heteroatoms. The molecule has 0 unspecified atom stereocenters. The van der Waals surface area contributed by atoms with Gasteiger partial charge in [0.1, 0.15) is 0 Å². The second-order valence-corrected chi connectivity index (χ2v) is 7.68. The number of likely N-dealkylation sites (N-methyl/N-ethyl adjacent to an activating group) is 1. The van der Waals surface area contributed by atoms with Crippen LogP contribution in [0, 0.1) is 0 Å². The number of nitrogens with one attached hydrogen (secondary N) is 1. The van der Waals surface area contributed by atoms with Crippen LogP contribution in [0.2, 0.25) is 0 Å². The van der Waals surface area contributed by atoms with Gasteiger partial charge in [-0.1, -0.05) is 28.1 Å². The summed E-state index contributed by atoms with van der Waals surface area (Å²) in [5, 5.41) is 3.07. The van der Waals surface area contributed by atoms with Crippen LogP contribution in [0.1, 0.15) is 18.4 Å². The summed E-state index contributed by atoms with van der Waals surface area (Å²) in [6.07, 6.45) is 1.90. The summed E-state index contributed by atoms with van der Waals surface area (Å²) in [6.45, 7) is 1.37. The molecular weight excluding hydrogens is 328 g/mol. The van der Waals surface area contributed by atoms with Gasteiger partial charge in [0, 0.05) is 23.6 Å². The molecule has 0 aliphatic carbocycles. The van der Waals surface area contributed by atoms with E-state index in [9.17, 15) is 8.42 Å². The van der Waals surface area contributed by atoms with Crippen molar-refractivity contribution in [3.63, 3.8) is 0 Å². The van der Waals surface area contributed by atoms with E-state index in [1.165, 1.54) is 0 Å². The number of sulfonamides is 1. The van der Waals surface area contributed by atoms with Crippen LogP contribution >= 0.6 is 15.9 Å². The van der Waals surface area contributed by atoms with Crippen LogP contribution < -0.4 is 5.32 Å². The van der Waals surface area contributed by atoms with Gasteiger partial charge in [0.15, 0.2) is 0 Å². The number of halogens is 1. The molecule has 0 aromatic heterocycles. The van der Waals surface area contributed by atoms with Gasteiger partial charge in [0.2, 0.25) is 10.0 Å². The van der Waals surface area contributed by atoms with E-state index < -0.39 is 10.0 Å². The average Bonchev–Trinajstić information content (AvgIpc) is 2.81. The SMILES string of the molecule is CNC[C@@H]1CCCN1S(=O)(=O)Cc1ccc(Br)cc1. The molecule has 0 amide bonds. The maximum absolute atomic E-state index is 12.5. The molecule has 1 aliphatic rings. The molecule has 0 bridgehead atoms. The minimum atomic E-state index is -3.22. The topological polar surface area (TPSA) is 49.4 Å². The zero-order chi connectivity index (χ0) is 13.9. The van der Waals surface area contributed by atoms with Crippen LogP contribution in [-0.4, -0.2) is 38.9 Å². The summed E-state index contributed by atoms with van der Waals surface area (Å²) in [5.74, 6) is 0.0838. The molecule has 0 saturated carbocycles. The predicted octanol–water partition coefficient (Wildman–Crippen LogP) is 1.96. The highest BCUT2D eigenvalue weighted by Crippen LogP contribution is 2.23. The molecule has 4 nitrogen and oxygen atoms in total. The van der Waals surface area contributed by atoms with E-state index in [1.54, 1.807) is 4.31 Å². The molecule has 2 rings (SSSR count). The van der Waals surface area contributed by atoms with Crippen molar-refractivity contribution in [2.24, 2.45) is 0 Å². The van der Waals surface area contributed by atoms with Gasteiger partial charge in [-0.25, -0.2) is 8.42 Å². The Balaban J connectivity index is 2.11. The molecule has 1 fully saturated rings. The van der Waals surface area contributed by atoms with Gasteiger partial charge < -0.3 is 5.32 Å². The van der Waals surface area contributed by atoms with Gasteiger partial charge in [-0.2, -0.15) is 4.31 Å². The Morgan fingerprint density at radius 1 is 1.37 bits per heavy atom. The molecule has 1 heterocycles. The monoisotopic (exact) mass is 346 g/mol. The van der Waals surface area contributed by atoms with Gasteiger partial charge in [-0.3, -0.25) is 0 Å². The van der Waals surface area contributed by atoms with Crippen molar-refractivity contribution in [3.8, 4) is 0 Å². The standard InChI is InChI=1S/C13H19BrN2O2S/c1-15-9-13-3-2-8-16(13)19(17,18)10-11-4-6-12(14)7-5-11/h4-7,13,15H,2-3,8-10H2,1H3/t13-/m0/s1. The Hall–Kier alpha value is -0.430. The van der Waals surface area contributed by atoms with E-state index in [-0.39, 0.29) is 11.8 Å². The summed E-state index contributed by atoms with van der Waals surface area (Å²) in [7, 11) is -1.36. The van der Waals surface area contributed by atoms with Crippen LogP contribution in [0.5, 0.6) is 0 Å². The smallest absolute Gasteiger partial charge is 0.218 e. The zero-order valence-electron chi connectivity index (χ0n) is 11.0. The Kier molecular flexibility index (Phi) is 5.00. The van der Waals surface area contributed by atoms with Crippen molar-refractivity contribution < 1.29 is 8.42 Å². The highest BCUT2D eigenvalue weighted by atomic mass is 79.9. The van der Waals surface area contributed by atoms with Crippen molar-refractivity contribution in [1.29, 1.82) is 0 Å². The minimum Gasteiger partial charge on any atom is -0.318 e. The zero-order valence-corrected chi connectivity index (χ0v) is 13.4.